The molecule has 382 valence electrons. The Bertz CT molecular complexity index is 4290. The number of fused-ring (bicyclic) bond motifs is 19. The van der Waals surface area contributed by atoms with Crippen LogP contribution in [0.2, 0.25) is 0 Å². The van der Waals surface area contributed by atoms with Crippen LogP contribution in [0, 0.1) is 19.8 Å². The van der Waals surface area contributed by atoms with Gasteiger partial charge in [-0.2, -0.15) is 0 Å². The first-order valence-electron chi connectivity index (χ1n) is 28.0. The molecule has 14 rings (SSSR count). The molecule has 0 aliphatic heterocycles. The van der Waals surface area contributed by atoms with E-state index < -0.39 is 5.41 Å². The normalized spacial score (nSPS) is 15.4. The summed E-state index contributed by atoms with van der Waals surface area (Å²) in [4.78, 5) is 5.01. The van der Waals surface area contributed by atoms with Crippen LogP contribution < -0.4 is 9.80 Å². The predicted molar refractivity (Wildman–Crippen MR) is 331 cm³/mol. The first-order chi connectivity index (χ1) is 37.6. The minimum Gasteiger partial charge on any atom is -0.455 e. The van der Waals surface area contributed by atoms with Gasteiger partial charge in [0.15, 0.2) is 0 Å². The Hall–Kier alpha value is -8.40. The second-order valence-corrected chi connectivity index (χ2v) is 24.9. The Morgan fingerprint density at radius 3 is 1.64 bits per heavy atom. The third-order valence-electron chi connectivity index (χ3n) is 17.3. The monoisotopic (exact) mass is 1010 g/mol. The lowest BCUT2D eigenvalue weighted by Gasteiger charge is -2.34. The zero-order chi connectivity index (χ0) is 53.6. The molecular formula is C75H66N2O. The molecule has 1 spiro atoms. The standard InChI is InChI=1S/C75H66N2O/c1-45-37-46(2)40-54(39-45)76(51-31-27-49(28-32-51)73(5,6)7)53-35-36-60-62(43-53)56-19-11-12-22-59(56)69-70-65(75(71(60)69)63-24-16-13-20-57(63)58-21-14-17-25-64(58)75)44-66(68-61-23-15-18-26-67(61)78-72(68)70)77(55-41-47(3)38-48(4)42-55)52-33-29-50(30-34-52)74(8,9)10/h11-36,38-45H,37H2,1-10H3. The van der Waals surface area contributed by atoms with Gasteiger partial charge in [-0.05, 0) is 193 Å². The van der Waals surface area contributed by atoms with E-state index in [1.807, 2.05) is 0 Å². The van der Waals surface area contributed by atoms with Crippen molar-refractivity contribution in [2.45, 2.75) is 91.9 Å². The number of anilines is 5. The second-order valence-electron chi connectivity index (χ2n) is 24.9. The number of hydrogen-bond acceptors (Lipinski definition) is 3. The fourth-order valence-electron chi connectivity index (χ4n) is 14.0. The minimum absolute atomic E-state index is 0.00356. The van der Waals surface area contributed by atoms with E-state index in [0.717, 1.165) is 56.8 Å². The van der Waals surface area contributed by atoms with Crippen LogP contribution in [0.4, 0.5) is 28.4 Å². The molecule has 0 amide bonds. The molecule has 0 fully saturated rings. The van der Waals surface area contributed by atoms with Crippen molar-refractivity contribution >= 4 is 71.9 Å². The largest absolute Gasteiger partial charge is 0.455 e. The Morgan fingerprint density at radius 2 is 1.03 bits per heavy atom. The SMILES string of the molecule is CC1=CC(N(c2ccc(C(C)(C)C)cc2)c2ccc3c4c(c5ccccc5c3c2)-c2c(cc(N(c3ccc(C(C)(C)C)cc3)c3cc(C)cc(C)c3)c3c2oc2ccccc23)C42c3ccccc3-c3ccccc32)=CC(C)C1. The van der Waals surface area contributed by atoms with Crippen LogP contribution in [0.1, 0.15) is 106 Å². The van der Waals surface area contributed by atoms with Gasteiger partial charge in [0, 0.05) is 39.4 Å². The van der Waals surface area contributed by atoms with E-state index in [1.54, 1.807) is 0 Å². The molecule has 1 heterocycles. The van der Waals surface area contributed by atoms with Gasteiger partial charge in [0.1, 0.15) is 11.2 Å². The lowest BCUT2D eigenvalue weighted by molar-refractivity contribution is 0.590. The highest BCUT2D eigenvalue weighted by molar-refractivity contribution is 6.26. The molecule has 1 unspecified atom stereocenters. The Labute approximate surface area is 459 Å². The number of aryl methyl sites for hydroxylation is 2. The molecule has 1 atom stereocenters. The molecule has 11 aromatic rings. The average molecular weight is 1010 g/mol. The summed E-state index contributed by atoms with van der Waals surface area (Å²) in [5.74, 6) is 0.417. The predicted octanol–water partition coefficient (Wildman–Crippen LogP) is 20.9. The van der Waals surface area contributed by atoms with Crippen LogP contribution in [-0.4, -0.2) is 0 Å². The molecule has 0 saturated heterocycles. The molecular weight excluding hydrogens is 945 g/mol. The second kappa shape index (κ2) is 17.3. The molecule has 0 saturated carbocycles. The third kappa shape index (κ3) is 7.16. The van der Waals surface area contributed by atoms with Crippen LogP contribution in [0.5, 0.6) is 0 Å². The van der Waals surface area contributed by atoms with Gasteiger partial charge >= 0.3 is 0 Å². The number of hydrogen-bond donors (Lipinski definition) is 0. The summed E-state index contributed by atoms with van der Waals surface area (Å²) in [6.45, 7) is 22.8. The van der Waals surface area contributed by atoms with Gasteiger partial charge < -0.3 is 14.2 Å². The Morgan fingerprint density at radius 1 is 0.474 bits per heavy atom. The van der Waals surface area contributed by atoms with Crippen molar-refractivity contribution in [2.24, 2.45) is 5.92 Å². The smallest absolute Gasteiger partial charge is 0.145 e. The van der Waals surface area contributed by atoms with E-state index in [1.165, 1.54) is 99.6 Å². The van der Waals surface area contributed by atoms with Gasteiger partial charge in [-0.25, -0.2) is 0 Å². The minimum atomic E-state index is -0.725. The lowest BCUT2D eigenvalue weighted by atomic mass is 9.69. The first kappa shape index (κ1) is 48.0. The summed E-state index contributed by atoms with van der Waals surface area (Å²) in [6, 6.07) is 71.8. The molecule has 3 heteroatoms. The highest BCUT2D eigenvalue weighted by Gasteiger charge is 2.54. The topological polar surface area (TPSA) is 19.6 Å². The zero-order valence-electron chi connectivity index (χ0n) is 46.6. The zero-order valence-corrected chi connectivity index (χ0v) is 46.6. The lowest BCUT2D eigenvalue weighted by Crippen LogP contribution is -2.26. The van der Waals surface area contributed by atoms with E-state index in [9.17, 15) is 0 Å². The van der Waals surface area contributed by atoms with Crippen molar-refractivity contribution in [3.05, 3.63) is 256 Å². The van der Waals surface area contributed by atoms with Gasteiger partial charge in [-0.15, -0.1) is 0 Å². The number of para-hydroxylation sites is 1. The highest BCUT2D eigenvalue weighted by Crippen LogP contribution is 2.68. The summed E-state index contributed by atoms with van der Waals surface area (Å²) in [5.41, 5.74) is 24.5. The van der Waals surface area contributed by atoms with Crippen LogP contribution >= 0.6 is 0 Å². The van der Waals surface area contributed by atoms with Crippen molar-refractivity contribution in [3.63, 3.8) is 0 Å². The number of furan rings is 1. The summed E-state index contributed by atoms with van der Waals surface area (Å²) in [7, 11) is 0. The molecule has 0 bridgehead atoms. The maximum absolute atomic E-state index is 7.53. The maximum atomic E-state index is 7.53. The van der Waals surface area contributed by atoms with E-state index in [-0.39, 0.29) is 10.8 Å². The van der Waals surface area contributed by atoms with Gasteiger partial charge in [0.05, 0.1) is 16.5 Å². The quantitative estimate of drug-likeness (QED) is 0.155. The number of rotatable bonds is 6. The van der Waals surface area contributed by atoms with Crippen molar-refractivity contribution in [1.82, 2.24) is 0 Å². The van der Waals surface area contributed by atoms with Crippen LogP contribution in [0.25, 0.3) is 65.7 Å². The molecule has 78 heavy (non-hydrogen) atoms. The summed E-state index contributed by atoms with van der Waals surface area (Å²) in [6.07, 6.45) is 5.92. The first-order valence-corrected chi connectivity index (χ1v) is 28.0. The molecule has 0 radical (unpaired) electrons. The average Bonchev–Trinajstić information content (AvgIpc) is 2.59. The van der Waals surface area contributed by atoms with E-state index in [2.05, 4.69) is 279 Å². The van der Waals surface area contributed by atoms with Crippen LogP contribution in [0.15, 0.2) is 216 Å². The van der Waals surface area contributed by atoms with Gasteiger partial charge in [0.2, 0.25) is 0 Å². The molecule has 3 aliphatic rings. The maximum Gasteiger partial charge on any atom is 0.145 e. The summed E-state index contributed by atoms with van der Waals surface area (Å²) in [5, 5.41) is 7.12. The van der Waals surface area contributed by atoms with Crippen molar-refractivity contribution in [2.75, 3.05) is 9.80 Å². The van der Waals surface area contributed by atoms with Crippen LogP contribution in [-0.2, 0) is 16.2 Å². The molecule has 1 aromatic heterocycles. The van der Waals surface area contributed by atoms with Gasteiger partial charge in [-0.1, -0.05) is 188 Å². The van der Waals surface area contributed by atoms with Gasteiger partial charge in [0.25, 0.3) is 0 Å². The number of nitrogens with zero attached hydrogens (tertiary/aromatic N) is 2. The summed E-state index contributed by atoms with van der Waals surface area (Å²) < 4.78 is 7.53. The third-order valence-corrected chi connectivity index (χ3v) is 17.3. The van der Waals surface area contributed by atoms with Crippen molar-refractivity contribution < 1.29 is 4.42 Å². The van der Waals surface area contributed by atoms with Crippen molar-refractivity contribution in [1.29, 1.82) is 0 Å². The van der Waals surface area contributed by atoms with E-state index in [0.29, 0.717) is 5.92 Å². The number of benzene rings is 10. The Balaban J connectivity index is 1.13. The highest BCUT2D eigenvalue weighted by atomic mass is 16.3. The Kier molecular flexibility index (Phi) is 10.6. The molecule has 3 aliphatic carbocycles. The fourth-order valence-corrected chi connectivity index (χ4v) is 14.0. The van der Waals surface area contributed by atoms with E-state index in [4.69, 9.17) is 4.42 Å². The molecule has 10 aromatic carbocycles. The van der Waals surface area contributed by atoms with Crippen molar-refractivity contribution in [3.8, 4) is 22.3 Å². The molecule has 0 N–H and O–H groups in total. The fraction of sp³-hybridized carbons (Fsp3) is 0.200. The van der Waals surface area contributed by atoms with Crippen LogP contribution in [0.3, 0.4) is 0 Å². The molecule has 3 nitrogen and oxygen atoms in total. The van der Waals surface area contributed by atoms with E-state index >= 15 is 0 Å². The number of allylic oxidation sites excluding steroid dienone is 3. The summed E-state index contributed by atoms with van der Waals surface area (Å²) >= 11 is 0. The van der Waals surface area contributed by atoms with Gasteiger partial charge in [-0.3, -0.25) is 0 Å².